The van der Waals surface area contributed by atoms with E-state index < -0.39 is 35.7 Å². The summed E-state index contributed by atoms with van der Waals surface area (Å²) < 4.78 is 13.9. The number of rotatable bonds is 8. The molecule has 0 radical (unpaired) electrons. The Morgan fingerprint density at radius 3 is 2.15 bits per heavy atom. The second kappa shape index (κ2) is 9.47. The fourth-order valence-electron chi connectivity index (χ4n) is 2.66. The average molecular weight is 372 g/mol. The zero-order valence-electron chi connectivity index (χ0n) is 14.8. The van der Waals surface area contributed by atoms with Gasteiger partial charge in [-0.2, -0.15) is 0 Å². The minimum absolute atomic E-state index is 0.0875. The predicted octanol–water partition coefficient (Wildman–Crippen LogP) is 1.68. The molecule has 6 nitrogen and oxygen atoms in total. The molecule has 0 unspecified atom stereocenters. The summed E-state index contributed by atoms with van der Waals surface area (Å²) in [7, 11) is 0. The summed E-state index contributed by atoms with van der Waals surface area (Å²) in [6, 6.07) is 12.5. The van der Waals surface area contributed by atoms with Crippen LogP contribution < -0.4 is 10.6 Å². The number of carboxylic acid groups (broad SMARTS) is 1. The van der Waals surface area contributed by atoms with E-state index in [0.29, 0.717) is 0 Å². The fourth-order valence-corrected chi connectivity index (χ4v) is 2.66. The Hall–Kier alpha value is -3.22. The Morgan fingerprint density at radius 1 is 0.926 bits per heavy atom. The van der Waals surface area contributed by atoms with Crippen molar-refractivity contribution in [2.45, 2.75) is 31.8 Å². The number of hydrogen-bond donors (Lipinski definition) is 3. The van der Waals surface area contributed by atoms with Gasteiger partial charge in [0, 0.05) is 19.8 Å². The van der Waals surface area contributed by atoms with Crippen LogP contribution in [-0.2, 0) is 27.2 Å². The molecule has 7 heteroatoms. The molecule has 0 aliphatic rings. The molecule has 3 N–H and O–H groups in total. The largest absolute Gasteiger partial charge is 0.480 e. The number of aliphatic carboxylic acids is 1. The molecule has 0 saturated carbocycles. The molecule has 0 saturated heterocycles. The number of carbonyl (C=O) groups excluding carboxylic acids is 2. The molecule has 0 bridgehead atoms. The minimum atomic E-state index is -1.19. The van der Waals surface area contributed by atoms with Crippen molar-refractivity contribution in [2.75, 3.05) is 0 Å². The van der Waals surface area contributed by atoms with E-state index in [1.807, 2.05) is 0 Å². The molecule has 0 heterocycles. The van der Waals surface area contributed by atoms with E-state index in [9.17, 15) is 23.9 Å². The lowest BCUT2D eigenvalue weighted by atomic mass is 10.0. The summed E-state index contributed by atoms with van der Waals surface area (Å²) in [6.45, 7) is 1.24. The molecular formula is C20H21FN2O4. The number of hydrogen-bond acceptors (Lipinski definition) is 3. The zero-order chi connectivity index (χ0) is 19.8. The highest BCUT2D eigenvalue weighted by Gasteiger charge is 2.27. The van der Waals surface area contributed by atoms with Crippen LogP contribution in [0.25, 0.3) is 0 Å². The van der Waals surface area contributed by atoms with Crippen molar-refractivity contribution in [2.24, 2.45) is 0 Å². The van der Waals surface area contributed by atoms with Crippen molar-refractivity contribution >= 4 is 17.8 Å². The van der Waals surface area contributed by atoms with E-state index in [1.165, 1.54) is 25.1 Å². The highest BCUT2D eigenvalue weighted by molar-refractivity contribution is 5.90. The minimum Gasteiger partial charge on any atom is -0.480 e. The van der Waals surface area contributed by atoms with Crippen molar-refractivity contribution in [1.29, 1.82) is 0 Å². The van der Waals surface area contributed by atoms with Gasteiger partial charge in [0.05, 0.1) is 0 Å². The Balaban J connectivity index is 2.13. The second-order valence-electron chi connectivity index (χ2n) is 6.14. The summed E-state index contributed by atoms with van der Waals surface area (Å²) in [5, 5.41) is 14.3. The standard InChI is InChI=1S/C20H21FN2O4/c1-13(24)22-17(12-15-9-5-6-10-16(15)21)19(25)23-18(20(26)27)11-14-7-3-2-4-8-14/h2-10,17-18H,11-12H2,1H3,(H,22,24)(H,23,25)(H,26,27)/t17-,18+/m1/s1. The predicted molar refractivity (Wildman–Crippen MR) is 97.4 cm³/mol. The molecule has 0 aliphatic carbocycles. The average Bonchev–Trinajstić information content (AvgIpc) is 2.62. The van der Waals surface area contributed by atoms with Gasteiger partial charge in [-0.25, -0.2) is 9.18 Å². The first-order chi connectivity index (χ1) is 12.9. The van der Waals surface area contributed by atoms with Gasteiger partial charge < -0.3 is 15.7 Å². The van der Waals surface area contributed by atoms with Gasteiger partial charge in [-0.1, -0.05) is 48.5 Å². The van der Waals surface area contributed by atoms with E-state index in [0.717, 1.165) is 5.56 Å². The molecule has 27 heavy (non-hydrogen) atoms. The maximum atomic E-state index is 13.9. The number of halogens is 1. The Labute approximate surface area is 156 Å². The monoisotopic (exact) mass is 372 g/mol. The molecule has 2 aromatic rings. The Bertz CT molecular complexity index is 811. The molecule has 2 aromatic carbocycles. The third-order valence-electron chi connectivity index (χ3n) is 3.97. The van der Waals surface area contributed by atoms with Crippen molar-refractivity contribution in [3.8, 4) is 0 Å². The van der Waals surface area contributed by atoms with E-state index in [1.54, 1.807) is 36.4 Å². The first kappa shape index (κ1) is 20.1. The van der Waals surface area contributed by atoms with Crippen LogP contribution in [0.2, 0.25) is 0 Å². The number of carbonyl (C=O) groups is 3. The first-order valence-electron chi connectivity index (χ1n) is 8.44. The van der Waals surface area contributed by atoms with Gasteiger partial charge >= 0.3 is 5.97 Å². The Kier molecular flexibility index (Phi) is 7.05. The molecule has 0 spiro atoms. The van der Waals surface area contributed by atoms with Crippen LogP contribution in [-0.4, -0.2) is 35.0 Å². The zero-order valence-corrected chi connectivity index (χ0v) is 14.8. The highest BCUT2D eigenvalue weighted by Crippen LogP contribution is 2.10. The van der Waals surface area contributed by atoms with Gasteiger partial charge in [-0.05, 0) is 17.2 Å². The van der Waals surface area contributed by atoms with Gasteiger partial charge in [-0.15, -0.1) is 0 Å². The molecule has 0 fully saturated rings. The summed E-state index contributed by atoms with van der Waals surface area (Å²) in [4.78, 5) is 35.6. The van der Waals surface area contributed by atoms with Crippen LogP contribution in [0.4, 0.5) is 4.39 Å². The normalized spacial score (nSPS) is 12.7. The van der Waals surface area contributed by atoms with Gasteiger partial charge in [0.1, 0.15) is 17.9 Å². The number of amides is 2. The summed E-state index contributed by atoms with van der Waals surface area (Å²) in [5.41, 5.74) is 0.997. The smallest absolute Gasteiger partial charge is 0.326 e. The molecule has 2 atom stereocenters. The number of nitrogens with one attached hydrogen (secondary N) is 2. The van der Waals surface area contributed by atoms with Crippen LogP contribution in [0.5, 0.6) is 0 Å². The van der Waals surface area contributed by atoms with Crippen molar-refractivity contribution in [3.63, 3.8) is 0 Å². The number of carboxylic acids is 1. The molecule has 0 aliphatic heterocycles. The SMILES string of the molecule is CC(=O)N[C@H](Cc1ccccc1F)C(=O)N[C@@H](Cc1ccccc1)C(=O)O. The summed E-state index contributed by atoms with van der Waals surface area (Å²) >= 11 is 0. The summed E-state index contributed by atoms with van der Waals surface area (Å²) in [6.07, 6.45) is 0.00413. The lowest BCUT2D eigenvalue weighted by Crippen LogP contribution is -2.52. The van der Waals surface area contributed by atoms with E-state index in [2.05, 4.69) is 10.6 Å². The lowest BCUT2D eigenvalue weighted by Gasteiger charge is -2.21. The molecule has 142 valence electrons. The number of benzene rings is 2. The van der Waals surface area contributed by atoms with Crippen LogP contribution in [0.15, 0.2) is 54.6 Å². The van der Waals surface area contributed by atoms with Crippen molar-refractivity contribution in [1.82, 2.24) is 10.6 Å². The molecule has 2 amide bonds. The maximum Gasteiger partial charge on any atom is 0.326 e. The third kappa shape index (κ3) is 6.22. The van der Waals surface area contributed by atoms with Crippen LogP contribution in [0, 0.1) is 5.82 Å². The lowest BCUT2D eigenvalue weighted by molar-refractivity contribution is -0.142. The Morgan fingerprint density at radius 2 is 1.56 bits per heavy atom. The van der Waals surface area contributed by atoms with E-state index in [-0.39, 0.29) is 18.4 Å². The van der Waals surface area contributed by atoms with Gasteiger partial charge in [0.15, 0.2) is 0 Å². The van der Waals surface area contributed by atoms with Crippen molar-refractivity contribution < 1.29 is 23.9 Å². The topological polar surface area (TPSA) is 95.5 Å². The maximum absolute atomic E-state index is 13.9. The van der Waals surface area contributed by atoms with E-state index in [4.69, 9.17) is 0 Å². The summed E-state index contributed by atoms with van der Waals surface area (Å²) in [5.74, 6) is -2.85. The van der Waals surface area contributed by atoms with Crippen LogP contribution in [0.3, 0.4) is 0 Å². The second-order valence-corrected chi connectivity index (χ2v) is 6.14. The van der Waals surface area contributed by atoms with Crippen molar-refractivity contribution in [3.05, 3.63) is 71.5 Å². The van der Waals surface area contributed by atoms with Gasteiger partial charge in [0.25, 0.3) is 0 Å². The highest BCUT2D eigenvalue weighted by atomic mass is 19.1. The van der Waals surface area contributed by atoms with Crippen LogP contribution in [0.1, 0.15) is 18.1 Å². The van der Waals surface area contributed by atoms with Crippen LogP contribution >= 0.6 is 0 Å². The quantitative estimate of drug-likeness (QED) is 0.657. The molecule has 0 aromatic heterocycles. The third-order valence-corrected chi connectivity index (χ3v) is 3.97. The first-order valence-corrected chi connectivity index (χ1v) is 8.44. The fraction of sp³-hybridized carbons (Fsp3) is 0.250. The molecule has 2 rings (SSSR count). The van der Waals surface area contributed by atoms with E-state index >= 15 is 0 Å². The molecular weight excluding hydrogens is 351 g/mol. The van der Waals surface area contributed by atoms with Gasteiger partial charge in [0.2, 0.25) is 11.8 Å². The van der Waals surface area contributed by atoms with Gasteiger partial charge in [-0.3, -0.25) is 9.59 Å².